The summed E-state index contributed by atoms with van der Waals surface area (Å²) in [7, 11) is 0. The van der Waals surface area contributed by atoms with Crippen molar-refractivity contribution in [3.05, 3.63) is 59.2 Å². The quantitative estimate of drug-likeness (QED) is 0.933. The van der Waals surface area contributed by atoms with E-state index >= 15 is 0 Å². The maximum Gasteiger partial charge on any atom is 0.253 e. The van der Waals surface area contributed by atoms with Gasteiger partial charge in [0.2, 0.25) is 0 Å². The Morgan fingerprint density at radius 1 is 1.38 bits per heavy atom. The molecule has 0 radical (unpaired) electrons. The number of nitriles is 1. The zero-order valence-electron chi connectivity index (χ0n) is 12.0. The van der Waals surface area contributed by atoms with Crippen LogP contribution in [0.5, 0.6) is 0 Å². The molecule has 1 N–H and O–H groups in total. The van der Waals surface area contributed by atoms with Crippen LogP contribution < -0.4 is 5.32 Å². The summed E-state index contributed by atoms with van der Waals surface area (Å²) >= 11 is 0. The molecule has 0 bridgehead atoms. The third-order valence-electron chi connectivity index (χ3n) is 3.12. The van der Waals surface area contributed by atoms with E-state index in [9.17, 15) is 4.79 Å². The summed E-state index contributed by atoms with van der Waals surface area (Å²) in [6.07, 6.45) is 2.15. The summed E-state index contributed by atoms with van der Waals surface area (Å²) in [6.45, 7) is 3.91. The number of rotatable bonds is 4. The second kappa shape index (κ2) is 6.62. The van der Waals surface area contributed by atoms with Crippen molar-refractivity contribution >= 4 is 5.91 Å². The number of carbonyl (C=O) groups is 1. The molecule has 0 aliphatic heterocycles. The number of hydrogen-bond donors (Lipinski definition) is 1. The number of hydrogen-bond acceptors (Lipinski definition) is 4. The maximum absolute atomic E-state index is 12.2. The topological polar surface area (TPSA) is 78.7 Å². The second-order valence-electron chi connectivity index (χ2n) is 4.68. The molecule has 0 aliphatic carbocycles. The minimum absolute atomic E-state index is 0.145. The molecule has 2 aromatic rings. The molecule has 21 heavy (non-hydrogen) atoms. The number of carbonyl (C=O) groups excluding carboxylic acids is 1. The molecule has 0 aliphatic rings. The van der Waals surface area contributed by atoms with E-state index in [0.717, 1.165) is 17.8 Å². The van der Waals surface area contributed by atoms with Crippen LogP contribution in [0.15, 0.2) is 36.5 Å². The Bertz CT molecular complexity index is 673. The van der Waals surface area contributed by atoms with Crippen molar-refractivity contribution in [1.82, 2.24) is 15.3 Å². The summed E-state index contributed by atoms with van der Waals surface area (Å²) < 4.78 is 0. The van der Waals surface area contributed by atoms with E-state index < -0.39 is 0 Å². The lowest BCUT2D eigenvalue weighted by Crippen LogP contribution is -2.29. The third-order valence-corrected chi connectivity index (χ3v) is 3.12. The molecule has 0 saturated heterocycles. The monoisotopic (exact) mass is 280 g/mol. The van der Waals surface area contributed by atoms with E-state index in [0.29, 0.717) is 11.3 Å². The first-order chi connectivity index (χ1) is 10.1. The van der Waals surface area contributed by atoms with Crippen LogP contribution in [0.3, 0.4) is 0 Å². The van der Waals surface area contributed by atoms with Crippen LogP contribution in [0.1, 0.15) is 46.8 Å². The molecule has 1 amide bonds. The molecule has 2 rings (SSSR count). The molecule has 0 unspecified atom stereocenters. The molecule has 2 aromatic heterocycles. The third kappa shape index (κ3) is 3.63. The molecular formula is C16H16N4O. The molecule has 0 aromatic carbocycles. The molecular weight excluding hydrogens is 264 g/mol. The van der Waals surface area contributed by atoms with Crippen molar-refractivity contribution in [2.75, 3.05) is 0 Å². The predicted octanol–water partition coefficient (Wildman–Crippen LogP) is 2.54. The molecule has 1 atom stereocenters. The summed E-state index contributed by atoms with van der Waals surface area (Å²) in [5.74, 6) is -0.220. The van der Waals surface area contributed by atoms with E-state index in [1.807, 2.05) is 38.1 Å². The predicted molar refractivity (Wildman–Crippen MR) is 78.4 cm³/mol. The van der Waals surface area contributed by atoms with Gasteiger partial charge in [-0.05, 0) is 37.6 Å². The van der Waals surface area contributed by atoms with Crippen LogP contribution >= 0.6 is 0 Å². The van der Waals surface area contributed by atoms with Gasteiger partial charge in [0.1, 0.15) is 11.8 Å². The Kier molecular flexibility index (Phi) is 4.62. The number of aromatic nitrogens is 2. The lowest BCUT2D eigenvalue weighted by atomic mass is 10.1. The van der Waals surface area contributed by atoms with E-state index in [-0.39, 0.29) is 11.9 Å². The largest absolute Gasteiger partial charge is 0.344 e. The average molecular weight is 280 g/mol. The Morgan fingerprint density at radius 3 is 2.76 bits per heavy atom. The number of amides is 1. The van der Waals surface area contributed by atoms with Gasteiger partial charge < -0.3 is 5.32 Å². The van der Waals surface area contributed by atoms with E-state index in [4.69, 9.17) is 5.26 Å². The lowest BCUT2D eigenvalue weighted by molar-refractivity contribution is 0.0934. The highest BCUT2D eigenvalue weighted by atomic mass is 16.1. The van der Waals surface area contributed by atoms with Crippen LogP contribution in [0.2, 0.25) is 0 Å². The zero-order valence-corrected chi connectivity index (χ0v) is 12.0. The average Bonchev–Trinajstić information content (AvgIpc) is 2.52. The molecule has 5 heteroatoms. The first-order valence-electron chi connectivity index (χ1n) is 6.74. The van der Waals surface area contributed by atoms with Gasteiger partial charge in [0.05, 0.1) is 17.3 Å². The Hall–Kier alpha value is -2.74. The van der Waals surface area contributed by atoms with Gasteiger partial charge in [0.25, 0.3) is 5.91 Å². The van der Waals surface area contributed by atoms with Gasteiger partial charge in [-0.25, -0.2) is 4.98 Å². The van der Waals surface area contributed by atoms with E-state index in [1.165, 1.54) is 12.3 Å². The van der Waals surface area contributed by atoms with Gasteiger partial charge in [0, 0.05) is 11.9 Å². The number of nitrogens with zero attached hydrogens (tertiary/aromatic N) is 3. The van der Waals surface area contributed by atoms with Gasteiger partial charge in [-0.1, -0.05) is 13.0 Å². The fraction of sp³-hybridized carbons (Fsp3) is 0.250. The smallest absolute Gasteiger partial charge is 0.253 e. The van der Waals surface area contributed by atoms with E-state index in [1.54, 1.807) is 6.07 Å². The minimum Gasteiger partial charge on any atom is -0.344 e. The van der Waals surface area contributed by atoms with E-state index in [2.05, 4.69) is 15.3 Å². The molecule has 5 nitrogen and oxygen atoms in total. The van der Waals surface area contributed by atoms with Crippen molar-refractivity contribution in [2.45, 2.75) is 26.3 Å². The van der Waals surface area contributed by atoms with Gasteiger partial charge in [-0.2, -0.15) is 5.26 Å². The van der Waals surface area contributed by atoms with Crippen LogP contribution in [0, 0.1) is 18.3 Å². The Labute approximate surface area is 123 Å². The summed E-state index contributed by atoms with van der Waals surface area (Å²) in [6, 6.07) is 10.6. The molecule has 0 saturated carbocycles. The van der Waals surface area contributed by atoms with Crippen LogP contribution in [-0.2, 0) is 0 Å². The van der Waals surface area contributed by atoms with Gasteiger partial charge >= 0.3 is 0 Å². The number of nitrogens with one attached hydrogen (secondary N) is 1. The number of pyridine rings is 2. The SMILES string of the molecule is CC[C@@H](NC(=O)c1ccc(C#N)nc1)c1cccc(C)n1. The Balaban J connectivity index is 2.14. The molecule has 2 heterocycles. The molecule has 0 spiro atoms. The van der Waals surface area contributed by atoms with Gasteiger partial charge in [-0.3, -0.25) is 9.78 Å². The summed E-state index contributed by atoms with van der Waals surface area (Å²) in [5, 5.41) is 11.6. The first-order valence-corrected chi connectivity index (χ1v) is 6.74. The normalized spacial score (nSPS) is 11.5. The highest BCUT2D eigenvalue weighted by molar-refractivity contribution is 5.94. The van der Waals surface area contributed by atoms with Crippen molar-refractivity contribution in [3.63, 3.8) is 0 Å². The zero-order chi connectivity index (χ0) is 15.2. The fourth-order valence-electron chi connectivity index (χ4n) is 1.98. The minimum atomic E-state index is -0.220. The van der Waals surface area contributed by atoms with Crippen LogP contribution in [0.4, 0.5) is 0 Å². The second-order valence-corrected chi connectivity index (χ2v) is 4.68. The summed E-state index contributed by atoms with van der Waals surface area (Å²) in [5.41, 5.74) is 2.48. The highest BCUT2D eigenvalue weighted by Gasteiger charge is 2.15. The van der Waals surface area contributed by atoms with Crippen molar-refractivity contribution in [3.8, 4) is 6.07 Å². The molecule has 106 valence electrons. The fourth-order valence-corrected chi connectivity index (χ4v) is 1.98. The van der Waals surface area contributed by atoms with Gasteiger partial charge in [-0.15, -0.1) is 0 Å². The van der Waals surface area contributed by atoms with Crippen molar-refractivity contribution < 1.29 is 4.79 Å². The highest BCUT2D eigenvalue weighted by Crippen LogP contribution is 2.15. The number of aryl methyl sites for hydroxylation is 1. The Morgan fingerprint density at radius 2 is 2.19 bits per heavy atom. The molecule has 0 fully saturated rings. The van der Waals surface area contributed by atoms with Crippen molar-refractivity contribution in [2.24, 2.45) is 0 Å². The van der Waals surface area contributed by atoms with Crippen LogP contribution in [0.25, 0.3) is 0 Å². The van der Waals surface area contributed by atoms with Crippen LogP contribution in [-0.4, -0.2) is 15.9 Å². The van der Waals surface area contributed by atoms with Crippen molar-refractivity contribution in [1.29, 1.82) is 5.26 Å². The maximum atomic E-state index is 12.2. The standard InChI is InChI=1S/C16H16N4O/c1-3-14(15-6-4-5-11(2)19-15)20-16(21)12-7-8-13(9-17)18-10-12/h4-8,10,14H,3H2,1-2H3,(H,20,21)/t14-/m1/s1. The van der Waals surface area contributed by atoms with Gasteiger partial charge in [0.15, 0.2) is 0 Å². The first kappa shape index (κ1) is 14.7. The lowest BCUT2D eigenvalue weighted by Gasteiger charge is -2.16. The summed E-state index contributed by atoms with van der Waals surface area (Å²) in [4.78, 5) is 20.6.